The highest BCUT2D eigenvalue weighted by atomic mass is 32.2. The molecule has 1 aromatic carbocycles. The third-order valence-electron chi connectivity index (χ3n) is 3.59. The molecule has 1 heterocycles. The van der Waals surface area contributed by atoms with Gasteiger partial charge < -0.3 is 14.4 Å². The Labute approximate surface area is 151 Å². The molecule has 0 unspecified atom stereocenters. The zero-order valence-electron chi connectivity index (χ0n) is 14.5. The molecule has 1 aromatic rings. The topological polar surface area (TPSA) is 72.9 Å². The summed E-state index contributed by atoms with van der Waals surface area (Å²) in [5.74, 6) is -0.774. The molecule has 1 aliphatic rings. The van der Waals surface area contributed by atoms with Crippen LogP contribution in [0.5, 0.6) is 0 Å². The van der Waals surface area contributed by atoms with E-state index in [0.29, 0.717) is 10.6 Å². The van der Waals surface area contributed by atoms with E-state index in [-0.39, 0.29) is 31.4 Å². The van der Waals surface area contributed by atoms with Gasteiger partial charge in [0.2, 0.25) is 5.91 Å². The number of thioether (sulfide) groups is 1. The maximum Gasteiger partial charge on any atom is 0.338 e. The number of carbonyl (C=O) groups is 3. The highest BCUT2D eigenvalue weighted by Crippen LogP contribution is 2.28. The molecule has 1 aliphatic heterocycles. The summed E-state index contributed by atoms with van der Waals surface area (Å²) in [6.45, 7) is 6.05. The number of rotatable bonds is 6. The Kier molecular flexibility index (Phi) is 6.64. The van der Waals surface area contributed by atoms with Crippen LogP contribution in [0.25, 0.3) is 0 Å². The number of hydrogen-bond donors (Lipinski definition) is 0. The van der Waals surface area contributed by atoms with E-state index in [1.54, 1.807) is 13.0 Å². The molecule has 7 heteroatoms. The van der Waals surface area contributed by atoms with E-state index >= 15 is 0 Å². The van der Waals surface area contributed by atoms with E-state index in [4.69, 9.17) is 9.47 Å². The van der Waals surface area contributed by atoms with Gasteiger partial charge in [-0.2, -0.15) is 0 Å². The third-order valence-corrected chi connectivity index (χ3v) is 4.61. The second kappa shape index (κ2) is 8.71. The highest BCUT2D eigenvalue weighted by Gasteiger charge is 2.27. The molecule has 1 fully saturated rings. The Morgan fingerprint density at radius 1 is 1.28 bits per heavy atom. The molecule has 6 nitrogen and oxygen atoms in total. The van der Waals surface area contributed by atoms with E-state index in [1.807, 2.05) is 26.0 Å². The zero-order valence-corrected chi connectivity index (χ0v) is 15.4. The molecule has 0 spiro atoms. The van der Waals surface area contributed by atoms with Crippen molar-refractivity contribution in [3.05, 3.63) is 46.0 Å². The number of esters is 2. The maximum absolute atomic E-state index is 12.2. The predicted molar refractivity (Wildman–Crippen MR) is 95.1 cm³/mol. The number of ether oxygens (including phenoxy) is 2. The number of carbonyl (C=O) groups excluding carboxylic acids is 3. The lowest BCUT2D eigenvalue weighted by Crippen LogP contribution is -2.29. The Morgan fingerprint density at radius 3 is 2.72 bits per heavy atom. The minimum atomic E-state index is -0.489. The van der Waals surface area contributed by atoms with Crippen LogP contribution in [0.1, 0.15) is 28.4 Å². The molecular formula is C18H21NO5S. The lowest BCUT2D eigenvalue weighted by molar-refractivity contribution is -0.137. The van der Waals surface area contributed by atoms with Crippen LogP contribution in [0.15, 0.2) is 29.3 Å². The molecule has 1 amide bonds. The first-order valence-corrected chi connectivity index (χ1v) is 8.97. The zero-order chi connectivity index (χ0) is 18.4. The number of nitrogens with zero attached hydrogens (tertiary/aromatic N) is 1. The molecule has 0 radical (unpaired) electrons. The summed E-state index contributed by atoms with van der Waals surface area (Å²) in [4.78, 5) is 37.1. The standard InChI is InChI=1S/C18H21NO5S/c1-4-23-17(21)10-16-19(15(20)11-25-16)7-8-24-18(22)14-6-5-12(2)9-13(14)3/h5-6,9-10H,4,7-8,11H2,1-3H3/b16-10-. The van der Waals surface area contributed by atoms with Crippen LogP contribution in [0.2, 0.25) is 0 Å². The fraction of sp³-hybridized carbons (Fsp3) is 0.389. The van der Waals surface area contributed by atoms with Gasteiger partial charge in [0.25, 0.3) is 0 Å². The summed E-state index contributed by atoms with van der Waals surface area (Å²) in [5.41, 5.74) is 2.43. The van der Waals surface area contributed by atoms with Crippen molar-refractivity contribution in [3.63, 3.8) is 0 Å². The summed E-state index contributed by atoms with van der Waals surface area (Å²) in [7, 11) is 0. The van der Waals surface area contributed by atoms with Crippen LogP contribution in [-0.4, -0.2) is 48.3 Å². The molecule has 2 rings (SSSR count). The van der Waals surface area contributed by atoms with Crippen molar-refractivity contribution in [1.82, 2.24) is 4.90 Å². The largest absolute Gasteiger partial charge is 0.463 e. The number of benzene rings is 1. The van der Waals surface area contributed by atoms with Gasteiger partial charge in [-0.05, 0) is 32.4 Å². The van der Waals surface area contributed by atoms with Crippen molar-refractivity contribution in [3.8, 4) is 0 Å². The molecule has 0 saturated carbocycles. The SMILES string of the molecule is CCOC(=O)/C=C1\SCC(=O)N1CCOC(=O)c1ccc(C)cc1C. The van der Waals surface area contributed by atoms with Crippen molar-refractivity contribution < 1.29 is 23.9 Å². The van der Waals surface area contributed by atoms with Gasteiger partial charge >= 0.3 is 11.9 Å². The molecule has 0 N–H and O–H groups in total. The molecule has 0 atom stereocenters. The minimum Gasteiger partial charge on any atom is -0.463 e. The smallest absolute Gasteiger partial charge is 0.338 e. The fourth-order valence-corrected chi connectivity index (χ4v) is 3.36. The molecule has 0 aliphatic carbocycles. The molecule has 0 bridgehead atoms. The predicted octanol–water partition coefficient (Wildman–Crippen LogP) is 2.44. The van der Waals surface area contributed by atoms with Crippen molar-refractivity contribution >= 4 is 29.6 Å². The monoisotopic (exact) mass is 363 g/mol. The van der Waals surface area contributed by atoms with E-state index in [0.717, 1.165) is 11.1 Å². The van der Waals surface area contributed by atoms with Gasteiger partial charge in [0.1, 0.15) is 6.61 Å². The third kappa shape index (κ3) is 5.09. The summed E-state index contributed by atoms with van der Waals surface area (Å²) in [5, 5.41) is 0.519. The van der Waals surface area contributed by atoms with Crippen LogP contribution in [-0.2, 0) is 19.1 Å². The summed E-state index contributed by atoms with van der Waals surface area (Å²) in [6, 6.07) is 5.50. The highest BCUT2D eigenvalue weighted by molar-refractivity contribution is 8.04. The normalized spacial score (nSPS) is 15.6. The Balaban J connectivity index is 1.94. The summed E-state index contributed by atoms with van der Waals surface area (Å²) < 4.78 is 10.1. The second-order valence-electron chi connectivity index (χ2n) is 5.52. The van der Waals surface area contributed by atoms with Gasteiger partial charge in [-0.15, -0.1) is 0 Å². The lowest BCUT2D eigenvalue weighted by atomic mass is 10.1. The van der Waals surface area contributed by atoms with Gasteiger partial charge in [-0.3, -0.25) is 4.79 Å². The lowest BCUT2D eigenvalue weighted by Gasteiger charge is -2.17. The minimum absolute atomic E-state index is 0.0542. The van der Waals surface area contributed by atoms with Crippen LogP contribution < -0.4 is 0 Å². The fourth-order valence-electron chi connectivity index (χ4n) is 2.40. The van der Waals surface area contributed by atoms with E-state index in [1.165, 1.54) is 22.7 Å². The first kappa shape index (κ1) is 19.1. The van der Waals surface area contributed by atoms with Crippen LogP contribution >= 0.6 is 11.8 Å². The van der Waals surface area contributed by atoms with Crippen molar-refractivity contribution in [1.29, 1.82) is 0 Å². The number of amides is 1. The van der Waals surface area contributed by atoms with Crippen molar-refractivity contribution in [2.75, 3.05) is 25.5 Å². The Bertz CT molecular complexity index is 713. The van der Waals surface area contributed by atoms with Gasteiger partial charge in [-0.1, -0.05) is 29.5 Å². The van der Waals surface area contributed by atoms with Crippen molar-refractivity contribution in [2.45, 2.75) is 20.8 Å². The molecule has 25 heavy (non-hydrogen) atoms. The van der Waals surface area contributed by atoms with E-state index in [9.17, 15) is 14.4 Å². The van der Waals surface area contributed by atoms with Gasteiger partial charge in [-0.25, -0.2) is 9.59 Å². The average Bonchev–Trinajstić information content (AvgIpc) is 2.88. The van der Waals surface area contributed by atoms with Crippen LogP contribution in [0, 0.1) is 13.8 Å². The molecular weight excluding hydrogens is 342 g/mol. The van der Waals surface area contributed by atoms with Gasteiger partial charge in [0.15, 0.2) is 0 Å². The quantitative estimate of drug-likeness (QED) is 0.571. The Hall–Kier alpha value is -2.28. The van der Waals surface area contributed by atoms with E-state index in [2.05, 4.69) is 0 Å². The van der Waals surface area contributed by atoms with Crippen molar-refractivity contribution in [2.24, 2.45) is 0 Å². The van der Waals surface area contributed by atoms with Crippen LogP contribution in [0.4, 0.5) is 0 Å². The van der Waals surface area contributed by atoms with Crippen LogP contribution in [0.3, 0.4) is 0 Å². The number of hydrogen-bond acceptors (Lipinski definition) is 6. The number of aryl methyl sites for hydroxylation is 2. The first-order chi connectivity index (χ1) is 11.9. The second-order valence-corrected chi connectivity index (χ2v) is 6.52. The summed E-state index contributed by atoms with van der Waals surface area (Å²) in [6.07, 6.45) is 1.30. The molecule has 0 aromatic heterocycles. The van der Waals surface area contributed by atoms with E-state index < -0.39 is 11.9 Å². The summed E-state index contributed by atoms with van der Waals surface area (Å²) >= 11 is 1.27. The Morgan fingerprint density at radius 2 is 2.04 bits per heavy atom. The van der Waals surface area contributed by atoms with Gasteiger partial charge in [0.05, 0.1) is 35.6 Å². The molecule has 1 saturated heterocycles. The maximum atomic E-state index is 12.2. The average molecular weight is 363 g/mol. The van der Waals surface area contributed by atoms with Gasteiger partial charge in [0, 0.05) is 0 Å². The molecule has 134 valence electrons. The first-order valence-electron chi connectivity index (χ1n) is 7.98.